The van der Waals surface area contributed by atoms with Crippen molar-refractivity contribution in [3.05, 3.63) is 11.6 Å². The molecule has 21 heavy (non-hydrogen) atoms. The fourth-order valence-corrected chi connectivity index (χ4v) is 4.47. The molecule has 0 saturated heterocycles. The van der Waals surface area contributed by atoms with Gasteiger partial charge in [-0.2, -0.15) is 0 Å². The number of nitrogens with two attached hydrogens (primary N) is 1. The number of methoxy groups -OCH3 is 1. The molecule has 6 nitrogen and oxygen atoms in total. The van der Waals surface area contributed by atoms with E-state index in [2.05, 4.69) is 0 Å². The highest BCUT2D eigenvalue weighted by Crippen LogP contribution is 2.38. The van der Waals surface area contributed by atoms with E-state index in [0.29, 0.717) is 6.42 Å². The van der Waals surface area contributed by atoms with Crippen LogP contribution in [-0.2, 0) is 24.2 Å². The first-order chi connectivity index (χ1) is 9.83. The number of sulfonamides is 1. The molecular weight excluding hydrogens is 334 g/mol. The largest absolute Gasteiger partial charge is 0.356 e. The standard InChI is InChI=1S/C12H21NO5S3/c1-5-10(18-7-17-8(2)16-3)9-6-11(21(13,14)15)20-12(9)19-4/h6,8,10H,5,7H2,1-4H3,(H2,13,14,15). The van der Waals surface area contributed by atoms with Gasteiger partial charge in [0.25, 0.3) is 0 Å². The third kappa shape index (κ3) is 5.51. The Kier molecular flexibility index (Phi) is 7.62. The van der Waals surface area contributed by atoms with Gasteiger partial charge in [0.05, 0.1) is 10.3 Å². The number of hydrogen-bond acceptors (Lipinski definition) is 7. The highest BCUT2D eigenvalue weighted by atomic mass is 32.3. The van der Waals surface area contributed by atoms with Crippen molar-refractivity contribution in [3.8, 4) is 0 Å². The summed E-state index contributed by atoms with van der Waals surface area (Å²) in [4.78, 5) is 0. The van der Waals surface area contributed by atoms with E-state index in [1.165, 1.54) is 11.8 Å². The molecule has 122 valence electrons. The number of thiophene rings is 1. The Balaban J connectivity index is 2.87. The predicted molar refractivity (Wildman–Crippen MR) is 84.0 cm³/mol. The van der Waals surface area contributed by atoms with Gasteiger partial charge >= 0.3 is 0 Å². The lowest BCUT2D eigenvalue weighted by Crippen LogP contribution is -2.15. The zero-order valence-corrected chi connectivity index (χ0v) is 14.9. The zero-order chi connectivity index (χ0) is 16.0. The highest BCUT2D eigenvalue weighted by Gasteiger charge is 2.22. The quantitative estimate of drug-likeness (QED) is 0.541. The summed E-state index contributed by atoms with van der Waals surface area (Å²) in [5.74, 6) is 0. The molecule has 0 bridgehead atoms. The van der Waals surface area contributed by atoms with Crippen molar-refractivity contribution in [2.24, 2.45) is 5.14 Å². The number of hydrogen-bond donors (Lipinski definition) is 1. The Morgan fingerprint density at radius 3 is 2.57 bits per heavy atom. The molecule has 1 rings (SSSR count). The van der Waals surface area contributed by atoms with Gasteiger partial charge < -0.3 is 14.2 Å². The lowest BCUT2D eigenvalue weighted by Gasteiger charge is -2.18. The summed E-state index contributed by atoms with van der Waals surface area (Å²) < 4.78 is 39.9. The van der Waals surface area contributed by atoms with Gasteiger partial charge in [-0.25, -0.2) is 13.6 Å². The van der Waals surface area contributed by atoms with Crippen molar-refractivity contribution < 1.29 is 22.6 Å². The van der Waals surface area contributed by atoms with Crippen LogP contribution in [0, 0.1) is 0 Å². The van der Waals surface area contributed by atoms with Crippen LogP contribution in [0.4, 0.5) is 0 Å². The first-order valence-corrected chi connectivity index (χ1v) is 9.88. The lowest BCUT2D eigenvalue weighted by atomic mass is 10.1. The Hall–Kier alpha value is -0.160. The van der Waals surface area contributed by atoms with E-state index in [1.54, 1.807) is 20.1 Å². The molecule has 0 aliphatic heterocycles. The van der Waals surface area contributed by atoms with Gasteiger partial charge in [0.1, 0.15) is 4.21 Å². The van der Waals surface area contributed by atoms with Gasteiger partial charge in [-0.1, -0.05) is 6.92 Å². The lowest BCUT2D eigenvalue weighted by molar-refractivity contribution is -0.189. The van der Waals surface area contributed by atoms with Crippen LogP contribution >= 0.6 is 23.1 Å². The number of thioether (sulfide) groups is 1. The summed E-state index contributed by atoms with van der Waals surface area (Å²) in [6, 6.07) is 1.58. The van der Waals surface area contributed by atoms with E-state index in [-0.39, 0.29) is 23.4 Å². The van der Waals surface area contributed by atoms with Gasteiger partial charge in [-0.05, 0) is 25.7 Å². The molecule has 0 aliphatic rings. The maximum absolute atomic E-state index is 11.5. The molecule has 9 heteroatoms. The topological polar surface area (TPSA) is 87.8 Å². The van der Waals surface area contributed by atoms with E-state index in [4.69, 9.17) is 19.3 Å². The third-order valence-electron chi connectivity index (χ3n) is 2.79. The van der Waals surface area contributed by atoms with Crippen molar-refractivity contribution in [3.63, 3.8) is 0 Å². The summed E-state index contributed by atoms with van der Waals surface area (Å²) in [6.07, 6.45) is 1.98. The molecule has 0 fully saturated rings. The minimum absolute atomic E-state index is 0.0713. The maximum atomic E-state index is 11.5. The molecule has 0 radical (unpaired) electrons. The monoisotopic (exact) mass is 355 g/mol. The van der Waals surface area contributed by atoms with Crippen LogP contribution in [0.2, 0.25) is 0 Å². The molecule has 2 unspecified atom stereocenters. The molecule has 2 atom stereocenters. The molecule has 0 saturated carbocycles. The van der Waals surface area contributed by atoms with Gasteiger partial charge in [-0.15, -0.1) is 23.1 Å². The summed E-state index contributed by atoms with van der Waals surface area (Å²) in [5, 5.41) is 5.18. The Morgan fingerprint density at radius 2 is 2.10 bits per heavy atom. The second kappa shape index (κ2) is 8.47. The summed E-state index contributed by atoms with van der Waals surface area (Å²) >= 11 is 2.63. The molecule has 0 spiro atoms. The van der Waals surface area contributed by atoms with Crippen molar-refractivity contribution in [2.45, 2.75) is 41.1 Å². The van der Waals surface area contributed by atoms with Crippen molar-refractivity contribution in [1.82, 2.24) is 0 Å². The minimum Gasteiger partial charge on any atom is -0.356 e. The second-order valence-corrected chi connectivity index (χ2v) is 8.12. The molecule has 0 aromatic carbocycles. The van der Waals surface area contributed by atoms with Crippen molar-refractivity contribution >= 4 is 33.1 Å². The number of ether oxygens (including phenoxy) is 3. The van der Waals surface area contributed by atoms with Gasteiger partial charge in [0, 0.05) is 12.7 Å². The van der Waals surface area contributed by atoms with E-state index in [1.807, 2.05) is 13.2 Å². The SMILES string of the molecule is CCC(OCOC(C)OC)c1cc(S(N)(=O)=O)sc1SC. The van der Waals surface area contributed by atoms with Gasteiger partial charge in [0.2, 0.25) is 10.0 Å². The van der Waals surface area contributed by atoms with Crippen LogP contribution in [0.25, 0.3) is 0 Å². The summed E-state index contributed by atoms with van der Waals surface area (Å²) in [5.41, 5.74) is 0.827. The van der Waals surface area contributed by atoms with Crippen LogP contribution in [0.5, 0.6) is 0 Å². The van der Waals surface area contributed by atoms with E-state index in [0.717, 1.165) is 21.1 Å². The van der Waals surface area contributed by atoms with E-state index in [9.17, 15) is 8.42 Å². The van der Waals surface area contributed by atoms with E-state index >= 15 is 0 Å². The summed E-state index contributed by atoms with van der Waals surface area (Å²) in [7, 11) is -2.15. The smallest absolute Gasteiger partial charge is 0.247 e. The number of primary sulfonamides is 1. The third-order valence-corrected chi connectivity index (χ3v) is 6.51. The molecular formula is C12H21NO5S3. The normalized spacial score (nSPS) is 15.1. The fourth-order valence-electron chi connectivity index (χ4n) is 1.60. The first kappa shape index (κ1) is 18.9. The second-order valence-electron chi connectivity index (χ2n) is 4.21. The first-order valence-electron chi connectivity index (χ1n) is 6.30. The van der Waals surface area contributed by atoms with Crippen molar-refractivity contribution in [2.75, 3.05) is 20.2 Å². The van der Waals surface area contributed by atoms with Crippen LogP contribution < -0.4 is 5.14 Å². The Bertz CT molecular complexity index is 543. The van der Waals surface area contributed by atoms with Gasteiger partial charge in [0.15, 0.2) is 13.1 Å². The molecule has 1 aromatic heterocycles. The van der Waals surface area contributed by atoms with Crippen LogP contribution in [0.1, 0.15) is 31.9 Å². The molecule has 0 aliphatic carbocycles. The summed E-state index contributed by atoms with van der Waals surface area (Å²) in [6.45, 7) is 3.80. The number of rotatable bonds is 9. The molecule has 0 amide bonds. The van der Waals surface area contributed by atoms with Crippen LogP contribution in [0.3, 0.4) is 0 Å². The Morgan fingerprint density at radius 1 is 1.43 bits per heavy atom. The average molecular weight is 356 g/mol. The average Bonchev–Trinajstić information content (AvgIpc) is 2.87. The fraction of sp³-hybridized carbons (Fsp3) is 0.667. The maximum Gasteiger partial charge on any atom is 0.247 e. The van der Waals surface area contributed by atoms with Crippen LogP contribution in [0.15, 0.2) is 14.5 Å². The zero-order valence-electron chi connectivity index (χ0n) is 12.5. The van der Waals surface area contributed by atoms with Crippen molar-refractivity contribution in [1.29, 1.82) is 0 Å². The molecule has 1 aromatic rings. The Labute approximate surface area is 134 Å². The highest BCUT2D eigenvalue weighted by molar-refractivity contribution is 8.01. The molecule has 1 heterocycles. The van der Waals surface area contributed by atoms with Gasteiger partial charge in [-0.3, -0.25) is 0 Å². The molecule has 2 N–H and O–H groups in total. The van der Waals surface area contributed by atoms with Crippen LogP contribution in [-0.4, -0.2) is 34.9 Å². The predicted octanol–water partition coefficient (Wildman–Crippen LogP) is 2.55. The van der Waals surface area contributed by atoms with E-state index < -0.39 is 10.0 Å². The minimum atomic E-state index is -3.70.